The second-order valence-electron chi connectivity index (χ2n) is 7.55. The van der Waals surface area contributed by atoms with Gasteiger partial charge in [0.25, 0.3) is 10.0 Å². The van der Waals surface area contributed by atoms with Gasteiger partial charge in [-0.1, -0.05) is 6.07 Å². The smallest absolute Gasteiger partial charge is 0.264 e. The SMILES string of the molecule is COCCOc1ncc(C)cc1C1(C(=O)NS(=O)(=O)c2cccc3ncccc23)CC1. The zero-order valence-corrected chi connectivity index (χ0v) is 18.1. The third kappa shape index (κ3) is 4.11. The highest BCUT2D eigenvalue weighted by Gasteiger charge is 2.54. The maximum Gasteiger partial charge on any atom is 0.264 e. The number of benzene rings is 1. The summed E-state index contributed by atoms with van der Waals surface area (Å²) in [6, 6.07) is 9.95. The first-order chi connectivity index (χ1) is 14.9. The van der Waals surface area contributed by atoms with Crippen LogP contribution in [0, 0.1) is 6.92 Å². The van der Waals surface area contributed by atoms with Gasteiger partial charge in [-0.25, -0.2) is 18.1 Å². The molecule has 0 bridgehead atoms. The van der Waals surface area contributed by atoms with E-state index >= 15 is 0 Å². The van der Waals surface area contributed by atoms with E-state index in [1.165, 1.54) is 6.07 Å². The highest BCUT2D eigenvalue weighted by molar-refractivity contribution is 7.90. The molecule has 162 valence electrons. The molecular weight excluding hydrogens is 418 g/mol. The lowest BCUT2D eigenvalue weighted by molar-refractivity contribution is -0.121. The zero-order chi connectivity index (χ0) is 22.1. The quantitative estimate of drug-likeness (QED) is 0.535. The van der Waals surface area contributed by atoms with Gasteiger partial charge in [-0.2, -0.15) is 0 Å². The molecule has 9 heteroatoms. The second kappa shape index (κ2) is 8.24. The van der Waals surface area contributed by atoms with Crippen LogP contribution in [0.5, 0.6) is 5.88 Å². The summed E-state index contributed by atoms with van der Waals surface area (Å²) < 4.78 is 39.2. The molecule has 3 aromatic rings. The molecule has 2 aromatic heterocycles. The van der Waals surface area contributed by atoms with E-state index in [1.807, 2.05) is 13.0 Å². The van der Waals surface area contributed by atoms with Crippen LogP contribution in [0.4, 0.5) is 0 Å². The van der Waals surface area contributed by atoms with Gasteiger partial charge in [0.15, 0.2) is 0 Å². The van der Waals surface area contributed by atoms with Gasteiger partial charge in [-0.15, -0.1) is 0 Å². The van der Waals surface area contributed by atoms with E-state index in [4.69, 9.17) is 9.47 Å². The van der Waals surface area contributed by atoms with Crippen LogP contribution in [0.2, 0.25) is 0 Å². The van der Waals surface area contributed by atoms with E-state index < -0.39 is 21.3 Å². The van der Waals surface area contributed by atoms with Crippen molar-refractivity contribution in [2.45, 2.75) is 30.1 Å². The normalized spacial score (nSPS) is 14.9. The summed E-state index contributed by atoms with van der Waals surface area (Å²) in [5.41, 5.74) is 1.000. The van der Waals surface area contributed by atoms with Gasteiger partial charge in [0.05, 0.1) is 22.4 Å². The Bertz CT molecular complexity index is 1230. The first-order valence-electron chi connectivity index (χ1n) is 9.87. The van der Waals surface area contributed by atoms with Gasteiger partial charge >= 0.3 is 0 Å². The van der Waals surface area contributed by atoms with E-state index in [2.05, 4.69) is 14.7 Å². The lowest BCUT2D eigenvalue weighted by atomic mass is 9.95. The number of pyridine rings is 2. The largest absolute Gasteiger partial charge is 0.475 e. The second-order valence-corrected chi connectivity index (χ2v) is 9.20. The summed E-state index contributed by atoms with van der Waals surface area (Å²) in [6.45, 7) is 2.51. The number of carbonyl (C=O) groups excluding carboxylic acids is 1. The van der Waals surface area contributed by atoms with Crippen LogP contribution in [0.15, 0.2) is 53.7 Å². The Balaban J connectivity index is 1.65. The molecular formula is C22H23N3O5S. The summed E-state index contributed by atoms with van der Waals surface area (Å²) in [5.74, 6) is -0.264. The van der Waals surface area contributed by atoms with Gasteiger partial charge in [0, 0.05) is 30.5 Å². The molecule has 0 radical (unpaired) electrons. The molecule has 1 aromatic carbocycles. The number of sulfonamides is 1. The number of fused-ring (bicyclic) bond motifs is 1. The fourth-order valence-electron chi connectivity index (χ4n) is 3.56. The number of carbonyl (C=O) groups is 1. The van der Waals surface area contributed by atoms with Crippen LogP contribution in [0.1, 0.15) is 24.0 Å². The number of aromatic nitrogens is 2. The van der Waals surface area contributed by atoms with Crippen molar-refractivity contribution >= 4 is 26.8 Å². The lowest BCUT2D eigenvalue weighted by Crippen LogP contribution is -2.39. The van der Waals surface area contributed by atoms with Crippen molar-refractivity contribution in [2.75, 3.05) is 20.3 Å². The number of nitrogens with zero attached hydrogens (tertiary/aromatic N) is 2. The maximum absolute atomic E-state index is 13.2. The number of rotatable bonds is 8. The number of amides is 1. The van der Waals surface area contributed by atoms with Gasteiger partial charge in [-0.05, 0) is 55.7 Å². The number of ether oxygens (including phenoxy) is 2. The van der Waals surface area contributed by atoms with E-state index in [0.29, 0.717) is 41.8 Å². The van der Waals surface area contributed by atoms with Crippen LogP contribution < -0.4 is 9.46 Å². The Morgan fingerprint density at radius 3 is 2.71 bits per heavy atom. The molecule has 2 heterocycles. The first-order valence-corrected chi connectivity index (χ1v) is 11.4. The Hall–Kier alpha value is -3.04. The minimum Gasteiger partial charge on any atom is -0.475 e. The molecule has 4 rings (SSSR count). The molecule has 1 aliphatic rings. The Kier molecular flexibility index (Phi) is 5.63. The van der Waals surface area contributed by atoms with Crippen molar-refractivity contribution in [2.24, 2.45) is 0 Å². The highest BCUT2D eigenvalue weighted by atomic mass is 32.2. The van der Waals surface area contributed by atoms with Crippen LogP contribution in [0.3, 0.4) is 0 Å². The Morgan fingerprint density at radius 2 is 1.97 bits per heavy atom. The Labute approximate surface area is 180 Å². The monoisotopic (exact) mass is 441 g/mol. The van der Waals surface area contributed by atoms with Gasteiger partial charge in [-0.3, -0.25) is 9.78 Å². The summed E-state index contributed by atoms with van der Waals surface area (Å²) >= 11 is 0. The molecule has 1 amide bonds. The van der Waals surface area contributed by atoms with Crippen LogP contribution in [-0.4, -0.2) is 44.6 Å². The molecule has 0 saturated heterocycles. The van der Waals surface area contributed by atoms with Crippen molar-refractivity contribution in [3.05, 3.63) is 59.9 Å². The Morgan fingerprint density at radius 1 is 1.16 bits per heavy atom. The summed E-state index contributed by atoms with van der Waals surface area (Å²) in [4.78, 5) is 21.8. The van der Waals surface area contributed by atoms with E-state index in [-0.39, 0.29) is 11.5 Å². The molecule has 0 atom stereocenters. The molecule has 1 aliphatic carbocycles. The predicted molar refractivity (Wildman–Crippen MR) is 114 cm³/mol. The average Bonchev–Trinajstić information content (AvgIpc) is 3.56. The van der Waals surface area contributed by atoms with E-state index in [0.717, 1.165) is 5.56 Å². The topological polar surface area (TPSA) is 107 Å². The fraction of sp³-hybridized carbons (Fsp3) is 0.318. The van der Waals surface area contributed by atoms with Crippen molar-refractivity contribution in [1.29, 1.82) is 0 Å². The molecule has 1 saturated carbocycles. The number of aryl methyl sites for hydroxylation is 1. The third-order valence-corrected chi connectivity index (χ3v) is 6.73. The maximum atomic E-state index is 13.2. The zero-order valence-electron chi connectivity index (χ0n) is 17.3. The van der Waals surface area contributed by atoms with Gasteiger partial charge in [0.1, 0.15) is 6.61 Å². The molecule has 0 aliphatic heterocycles. The van der Waals surface area contributed by atoms with Crippen molar-refractivity contribution in [1.82, 2.24) is 14.7 Å². The number of methoxy groups -OCH3 is 1. The molecule has 31 heavy (non-hydrogen) atoms. The summed E-state index contributed by atoms with van der Waals surface area (Å²) in [5, 5.41) is 0.455. The van der Waals surface area contributed by atoms with Gasteiger partial charge < -0.3 is 9.47 Å². The van der Waals surface area contributed by atoms with Gasteiger partial charge in [0.2, 0.25) is 11.8 Å². The minimum atomic E-state index is -4.10. The van der Waals surface area contributed by atoms with Crippen molar-refractivity contribution < 1.29 is 22.7 Å². The van der Waals surface area contributed by atoms with Crippen molar-refractivity contribution in [3.63, 3.8) is 0 Å². The third-order valence-electron chi connectivity index (χ3n) is 5.34. The fourth-order valence-corrected chi connectivity index (χ4v) is 4.83. The van der Waals surface area contributed by atoms with Crippen LogP contribution in [0.25, 0.3) is 10.9 Å². The van der Waals surface area contributed by atoms with E-state index in [9.17, 15) is 13.2 Å². The molecule has 0 spiro atoms. The highest BCUT2D eigenvalue weighted by Crippen LogP contribution is 2.51. The van der Waals surface area contributed by atoms with Crippen LogP contribution >= 0.6 is 0 Å². The lowest BCUT2D eigenvalue weighted by Gasteiger charge is -2.19. The van der Waals surface area contributed by atoms with Crippen LogP contribution in [-0.2, 0) is 25.0 Å². The van der Waals surface area contributed by atoms with Crippen molar-refractivity contribution in [3.8, 4) is 5.88 Å². The predicted octanol–water partition coefficient (Wildman–Crippen LogP) is 2.50. The molecule has 8 nitrogen and oxygen atoms in total. The summed E-state index contributed by atoms with van der Waals surface area (Å²) in [6.07, 6.45) is 4.26. The number of hydrogen-bond acceptors (Lipinski definition) is 7. The molecule has 1 N–H and O–H groups in total. The first kappa shape index (κ1) is 21.2. The number of nitrogens with one attached hydrogen (secondary N) is 1. The standard InChI is InChI=1S/C22H23N3O5S/c1-15-13-17(20(24-14-15)30-12-11-29-2)22(8-9-22)21(26)25-31(27,28)19-7-3-6-18-16(19)5-4-10-23-18/h3-7,10,13-14H,8-9,11-12H2,1-2H3,(H,25,26). The average molecular weight is 442 g/mol. The molecule has 1 fully saturated rings. The number of hydrogen-bond donors (Lipinski definition) is 1. The summed E-state index contributed by atoms with van der Waals surface area (Å²) in [7, 11) is -2.54. The van der Waals surface area contributed by atoms with E-state index in [1.54, 1.807) is 43.8 Å². The minimum absolute atomic E-state index is 0.0150. The molecule has 0 unspecified atom stereocenters.